The minimum atomic E-state index is -0.272. The van der Waals surface area contributed by atoms with Crippen molar-refractivity contribution < 1.29 is 14.7 Å². The summed E-state index contributed by atoms with van der Waals surface area (Å²) in [4.78, 5) is 36.5. The van der Waals surface area contributed by atoms with E-state index in [2.05, 4.69) is 14.9 Å². The maximum atomic E-state index is 13.3. The van der Waals surface area contributed by atoms with Crippen LogP contribution in [0.25, 0.3) is 16.5 Å². The molecule has 1 aliphatic rings. The predicted octanol–water partition coefficient (Wildman–Crippen LogP) is 2.87. The Hall–Kier alpha value is -3.16. The molecule has 1 aliphatic carbocycles. The minimum Gasteiger partial charge on any atom is -0.507 e. The van der Waals surface area contributed by atoms with Crippen LogP contribution in [0, 0.1) is 0 Å². The monoisotopic (exact) mass is 420 g/mol. The van der Waals surface area contributed by atoms with E-state index in [1.54, 1.807) is 12.3 Å². The Kier molecular flexibility index (Phi) is 5.56. The van der Waals surface area contributed by atoms with E-state index < -0.39 is 0 Å². The number of benzene rings is 1. The van der Waals surface area contributed by atoms with Crippen LogP contribution in [0.15, 0.2) is 30.6 Å². The molecule has 0 unspecified atom stereocenters. The quantitative estimate of drug-likeness (QED) is 0.547. The topological polar surface area (TPSA) is 92.4 Å². The Labute approximate surface area is 181 Å². The Morgan fingerprint density at radius 2 is 1.55 bits per heavy atom. The van der Waals surface area contributed by atoms with Gasteiger partial charge in [0.15, 0.2) is 5.78 Å². The lowest BCUT2D eigenvalue weighted by Crippen LogP contribution is -2.19. The fraction of sp³-hybridized carbons (Fsp3) is 0.333. The minimum absolute atomic E-state index is 0.0303. The van der Waals surface area contributed by atoms with E-state index in [4.69, 9.17) is 0 Å². The summed E-state index contributed by atoms with van der Waals surface area (Å²) in [5, 5.41) is 11.8. The molecule has 31 heavy (non-hydrogen) atoms. The van der Waals surface area contributed by atoms with Crippen molar-refractivity contribution in [3.05, 3.63) is 58.6 Å². The van der Waals surface area contributed by atoms with Crippen LogP contribution in [0.3, 0.4) is 0 Å². The fourth-order valence-corrected chi connectivity index (χ4v) is 4.10. The maximum Gasteiger partial charge on any atom is 0.210 e. The molecule has 0 spiro atoms. The van der Waals surface area contributed by atoms with Gasteiger partial charge in [0, 0.05) is 47.5 Å². The zero-order valence-electron chi connectivity index (χ0n) is 18.4. The Bertz CT molecular complexity index is 1200. The molecule has 162 valence electrons. The number of ketones is 2. The number of rotatable bonds is 7. The molecular weight excluding hydrogens is 392 g/mol. The average molecular weight is 421 g/mol. The molecular formula is C24H28N4O3. The second-order valence-corrected chi connectivity index (χ2v) is 8.62. The van der Waals surface area contributed by atoms with Crippen molar-refractivity contribution in [3.8, 4) is 5.75 Å². The number of carbonyl (C=O) groups is 2. The summed E-state index contributed by atoms with van der Waals surface area (Å²) in [6.07, 6.45) is 6.43. The standard InChI is InChI=1S/C24H28N4O3/c1-27(2)9-7-14-12-25-18-6-5-16(23(30)20(14)18)17-11-19(29)21-15(8-10-28(3)4)13-26-22(21)24(17)31/h5-6,11-13,25-26,30H,7-10H2,1-4H3. The Morgan fingerprint density at radius 1 is 0.903 bits per heavy atom. The molecule has 4 rings (SSSR count). The molecule has 7 nitrogen and oxygen atoms in total. The van der Waals surface area contributed by atoms with Crippen LogP contribution in [0.1, 0.15) is 37.5 Å². The molecule has 0 aliphatic heterocycles. The van der Waals surface area contributed by atoms with Crippen LogP contribution < -0.4 is 0 Å². The van der Waals surface area contributed by atoms with E-state index in [0.717, 1.165) is 36.2 Å². The molecule has 0 atom stereocenters. The van der Waals surface area contributed by atoms with Crippen molar-refractivity contribution in [2.75, 3.05) is 41.3 Å². The number of phenols is 1. The van der Waals surface area contributed by atoms with Crippen LogP contribution in [0.2, 0.25) is 0 Å². The van der Waals surface area contributed by atoms with Crippen molar-refractivity contribution in [2.24, 2.45) is 0 Å². The van der Waals surface area contributed by atoms with Crippen LogP contribution in [-0.2, 0) is 12.8 Å². The predicted molar refractivity (Wildman–Crippen MR) is 122 cm³/mol. The molecule has 0 radical (unpaired) electrons. The van der Waals surface area contributed by atoms with E-state index in [0.29, 0.717) is 28.6 Å². The van der Waals surface area contributed by atoms with Gasteiger partial charge in [0.25, 0.3) is 0 Å². The van der Waals surface area contributed by atoms with E-state index in [1.807, 2.05) is 45.4 Å². The van der Waals surface area contributed by atoms with Crippen molar-refractivity contribution in [1.82, 2.24) is 19.8 Å². The first kappa shape index (κ1) is 21.1. The molecule has 0 saturated carbocycles. The van der Waals surface area contributed by atoms with Crippen LogP contribution in [-0.4, -0.2) is 77.7 Å². The largest absolute Gasteiger partial charge is 0.507 e. The van der Waals surface area contributed by atoms with Crippen molar-refractivity contribution in [3.63, 3.8) is 0 Å². The SMILES string of the molecule is CN(C)CCc1c[nH]c2c1C(=O)C=C(c1ccc3[nH]cc(CCN(C)C)c3c1O)C2=O. The summed E-state index contributed by atoms with van der Waals surface area (Å²) in [6.45, 7) is 1.61. The Morgan fingerprint density at radius 3 is 2.23 bits per heavy atom. The highest BCUT2D eigenvalue weighted by Gasteiger charge is 2.32. The van der Waals surface area contributed by atoms with Crippen molar-refractivity contribution in [2.45, 2.75) is 12.8 Å². The average Bonchev–Trinajstić information content (AvgIpc) is 3.33. The van der Waals surface area contributed by atoms with E-state index >= 15 is 0 Å². The van der Waals surface area contributed by atoms with Crippen LogP contribution >= 0.6 is 0 Å². The summed E-state index contributed by atoms with van der Waals surface area (Å²) in [5.74, 6) is -0.450. The molecule has 2 heterocycles. The molecule has 1 aromatic carbocycles. The lowest BCUT2D eigenvalue weighted by atomic mass is 9.87. The number of allylic oxidation sites excluding steroid dienone is 2. The van der Waals surface area contributed by atoms with Gasteiger partial charge in [0.05, 0.1) is 11.3 Å². The van der Waals surface area contributed by atoms with Gasteiger partial charge in [0.1, 0.15) is 5.75 Å². The summed E-state index contributed by atoms with van der Waals surface area (Å²) in [5.41, 5.74) is 3.97. The second-order valence-electron chi connectivity index (χ2n) is 8.62. The number of carbonyl (C=O) groups excluding carboxylic acids is 2. The van der Waals surface area contributed by atoms with Gasteiger partial charge in [0.2, 0.25) is 5.78 Å². The summed E-state index contributed by atoms with van der Waals surface area (Å²) in [7, 11) is 7.93. The fourth-order valence-electron chi connectivity index (χ4n) is 4.10. The van der Waals surface area contributed by atoms with Crippen molar-refractivity contribution in [1.29, 1.82) is 0 Å². The third kappa shape index (κ3) is 3.82. The zero-order valence-corrected chi connectivity index (χ0v) is 18.4. The van der Waals surface area contributed by atoms with Gasteiger partial charge in [-0.25, -0.2) is 0 Å². The molecule has 3 aromatic rings. The van der Waals surface area contributed by atoms with Crippen LogP contribution in [0.5, 0.6) is 5.75 Å². The number of nitrogens with one attached hydrogen (secondary N) is 2. The summed E-state index contributed by atoms with van der Waals surface area (Å²) < 4.78 is 0. The number of aromatic amines is 2. The van der Waals surface area contributed by atoms with Gasteiger partial charge in [-0.2, -0.15) is 0 Å². The smallest absolute Gasteiger partial charge is 0.210 e. The molecule has 0 saturated heterocycles. The highest BCUT2D eigenvalue weighted by Crippen LogP contribution is 2.38. The zero-order chi connectivity index (χ0) is 22.3. The first-order chi connectivity index (χ1) is 14.8. The second kappa shape index (κ2) is 8.17. The number of Topliss-reactive ketones (excluding diaryl/α,β-unsaturated/α-hetero) is 1. The molecule has 2 aromatic heterocycles. The lowest BCUT2D eigenvalue weighted by Gasteiger charge is -2.16. The van der Waals surface area contributed by atoms with Gasteiger partial charge in [-0.3, -0.25) is 9.59 Å². The molecule has 3 N–H and O–H groups in total. The summed E-state index contributed by atoms with van der Waals surface area (Å²) >= 11 is 0. The molecule has 0 bridgehead atoms. The lowest BCUT2D eigenvalue weighted by molar-refractivity contribution is 0.0999. The summed E-state index contributed by atoms with van der Waals surface area (Å²) in [6, 6.07) is 3.54. The number of likely N-dealkylation sites (N-methyl/N-ethyl adjacent to an activating group) is 2. The number of hydrogen-bond donors (Lipinski definition) is 3. The van der Waals surface area contributed by atoms with Gasteiger partial charge in [-0.15, -0.1) is 0 Å². The maximum absolute atomic E-state index is 13.3. The highest BCUT2D eigenvalue weighted by molar-refractivity contribution is 6.39. The number of nitrogens with zero attached hydrogens (tertiary/aromatic N) is 2. The van der Waals surface area contributed by atoms with E-state index in [1.165, 1.54) is 6.08 Å². The first-order valence-corrected chi connectivity index (χ1v) is 10.4. The van der Waals surface area contributed by atoms with E-state index in [-0.39, 0.29) is 22.9 Å². The number of aromatic nitrogens is 2. The number of phenolic OH excluding ortho intramolecular Hbond substituents is 1. The Balaban J connectivity index is 1.73. The van der Waals surface area contributed by atoms with Gasteiger partial charge in [-0.1, -0.05) is 0 Å². The first-order valence-electron chi connectivity index (χ1n) is 10.4. The van der Waals surface area contributed by atoms with Crippen molar-refractivity contribution >= 4 is 28.0 Å². The number of fused-ring (bicyclic) bond motifs is 2. The number of H-pyrrole nitrogens is 2. The highest BCUT2D eigenvalue weighted by atomic mass is 16.3. The number of hydrogen-bond acceptors (Lipinski definition) is 5. The van der Waals surface area contributed by atoms with E-state index in [9.17, 15) is 14.7 Å². The third-order valence-corrected chi connectivity index (χ3v) is 5.80. The molecule has 0 amide bonds. The molecule has 0 fully saturated rings. The van der Waals surface area contributed by atoms with Gasteiger partial charge in [-0.05, 0) is 70.4 Å². The normalized spacial score (nSPS) is 14.1. The van der Waals surface area contributed by atoms with Gasteiger partial charge >= 0.3 is 0 Å². The number of aromatic hydroxyl groups is 1. The van der Waals surface area contributed by atoms with Gasteiger partial charge < -0.3 is 24.9 Å². The third-order valence-electron chi connectivity index (χ3n) is 5.80. The molecule has 7 heteroatoms. The van der Waals surface area contributed by atoms with Crippen LogP contribution in [0.4, 0.5) is 0 Å².